The molecule has 0 spiro atoms. The fraction of sp³-hybridized carbons (Fsp3) is 0.364. The number of carbonyl (C=O) groups excluding carboxylic acids is 1. The van der Waals surface area contributed by atoms with Gasteiger partial charge in [-0.25, -0.2) is 4.98 Å². The molecule has 17 heavy (non-hydrogen) atoms. The number of amides is 1. The molecule has 1 aromatic rings. The molecule has 0 bridgehead atoms. The normalized spacial score (nSPS) is 9.47. The summed E-state index contributed by atoms with van der Waals surface area (Å²) >= 11 is 0. The Morgan fingerprint density at radius 1 is 1.65 bits per heavy atom. The molecule has 0 aliphatic heterocycles. The third-order valence-corrected chi connectivity index (χ3v) is 2.24. The molecule has 6 nitrogen and oxygen atoms in total. The van der Waals surface area contributed by atoms with E-state index in [-0.39, 0.29) is 5.91 Å². The van der Waals surface area contributed by atoms with Gasteiger partial charge in [-0.15, -0.1) is 0 Å². The average molecular weight is 233 g/mol. The minimum absolute atomic E-state index is 0.0208. The summed E-state index contributed by atoms with van der Waals surface area (Å²) in [6.45, 7) is 0.434. The molecule has 0 aliphatic carbocycles. The number of aromatic nitrogens is 1. The summed E-state index contributed by atoms with van der Waals surface area (Å²) in [6, 6.07) is 3.52. The van der Waals surface area contributed by atoms with Gasteiger partial charge in [-0.05, 0) is 6.07 Å². The van der Waals surface area contributed by atoms with Crippen molar-refractivity contribution in [3.05, 3.63) is 17.8 Å². The van der Waals surface area contributed by atoms with Gasteiger partial charge < -0.3 is 16.0 Å². The molecule has 0 atom stereocenters. The molecule has 1 heterocycles. The molecule has 3 N–H and O–H groups in total. The van der Waals surface area contributed by atoms with Crippen molar-refractivity contribution < 1.29 is 4.79 Å². The van der Waals surface area contributed by atoms with Crippen LogP contribution >= 0.6 is 0 Å². The zero-order valence-electron chi connectivity index (χ0n) is 9.90. The van der Waals surface area contributed by atoms with Crippen LogP contribution in [0.25, 0.3) is 0 Å². The van der Waals surface area contributed by atoms with E-state index in [1.165, 1.54) is 11.1 Å². The zero-order chi connectivity index (χ0) is 12.8. The van der Waals surface area contributed by atoms with Crippen LogP contribution in [-0.2, 0) is 4.79 Å². The van der Waals surface area contributed by atoms with Gasteiger partial charge in [-0.2, -0.15) is 5.26 Å². The SMILES string of the molecule is CN(C)C(=O)CCNc1nccc(C#N)c1N. The lowest BCUT2D eigenvalue weighted by Crippen LogP contribution is -2.24. The first-order valence-corrected chi connectivity index (χ1v) is 5.15. The van der Waals surface area contributed by atoms with Gasteiger partial charge in [-0.1, -0.05) is 0 Å². The largest absolute Gasteiger partial charge is 0.395 e. The number of hydrogen-bond acceptors (Lipinski definition) is 5. The monoisotopic (exact) mass is 233 g/mol. The molecular weight excluding hydrogens is 218 g/mol. The second-order valence-electron chi connectivity index (χ2n) is 3.70. The van der Waals surface area contributed by atoms with Crippen molar-refractivity contribution in [2.24, 2.45) is 0 Å². The average Bonchev–Trinajstić information content (AvgIpc) is 2.31. The lowest BCUT2D eigenvalue weighted by atomic mass is 10.2. The minimum atomic E-state index is 0.0208. The molecule has 90 valence electrons. The fourth-order valence-electron chi connectivity index (χ4n) is 1.22. The molecule has 1 aromatic heterocycles. The summed E-state index contributed by atoms with van der Waals surface area (Å²) in [5.41, 5.74) is 6.42. The summed E-state index contributed by atoms with van der Waals surface area (Å²) in [5.74, 6) is 0.461. The second kappa shape index (κ2) is 5.70. The highest BCUT2D eigenvalue weighted by molar-refractivity contribution is 5.76. The predicted octanol–water partition coefficient (Wildman–Crippen LogP) is 0.426. The molecule has 0 saturated heterocycles. The van der Waals surface area contributed by atoms with Gasteiger partial charge in [0.1, 0.15) is 6.07 Å². The predicted molar refractivity (Wildman–Crippen MR) is 65.2 cm³/mol. The third-order valence-electron chi connectivity index (χ3n) is 2.24. The van der Waals surface area contributed by atoms with Crippen LogP contribution in [0, 0.1) is 11.3 Å². The molecule has 0 fully saturated rings. The van der Waals surface area contributed by atoms with Gasteiger partial charge in [0.25, 0.3) is 0 Å². The van der Waals surface area contributed by atoms with E-state index in [9.17, 15) is 4.79 Å². The molecular formula is C11H15N5O. The van der Waals surface area contributed by atoms with Gasteiger partial charge in [0.05, 0.1) is 11.3 Å². The van der Waals surface area contributed by atoms with Crippen LogP contribution in [0.15, 0.2) is 12.3 Å². The second-order valence-corrected chi connectivity index (χ2v) is 3.70. The van der Waals surface area contributed by atoms with Gasteiger partial charge in [-0.3, -0.25) is 4.79 Å². The quantitative estimate of drug-likeness (QED) is 0.786. The number of nitrogens with zero attached hydrogens (tertiary/aromatic N) is 3. The number of nitrogen functional groups attached to an aromatic ring is 1. The van der Waals surface area contributed by atoms with E-state index in [2.05, 4.69) is 10.3 Å². The molecule has 0 saturated carbocycles. The Bertz CT molecular complexity index is 450. The van der Waals surface area contributed by atoms with Crippen LogP contribution < -0.4 is 11.1 Å². The van der Waals surface area contributed by atoms with Crippen molar-refractivity contribution >= 4 is 17.4 Å². The first-order chi connectivity index (χ1) is 8.06. The number of nitrogens with two attached hydrogens (primary N) is 1. The van der Waals surface area contributed by atoms with Crippen molar-refractivity contribution in [1.82, 2.24) is 9.88 Å². The number of hydrogen-bond donors (Lipinski definition) is 2. The number of anilines is 2. The zero-order valence-corrected chi connectivity index (χ0v) is 9.90. The van der Waals surface area contributed by atoms with E-state index in [0.717, 1.165) is 0 Å². The highest BCUT2D eigenvalue weighted by Gasteiger charge is 2.07. The molecule has 1 rings (SSSR count). The third kappa shape index (κ3) is 3.34. The lowest BCUT2D eigenvalue weighted by Gasteiger charge is -2.11. The topological polar surface area (TPSA) is 95.0 Å². The Morgan fingerprint density at radius 2 is 2.35 bits per heavy atom. The van der Waals surface area contributed by atoms with Gasteiger partial charge in [0, 0.05) is 33.3 Å². The van der Waals surface area contributed by atoms with E-state index < -0.39 is 0 Å². The number of pyridine rings is 1. The van der Waals surface area contributed by atoms with Crippen LogP contribution in [0.1, 0.15) is 12.0 Å². The molecule has 0 aliphatic rings. The summed E-state index contributed by atoms with van der Waals surface area (Å²) in [6.07, 6.45) is 1.86. The Hall–Kier alpha value is -2.29. The van der Waals surface area contributed by atoms with Crippen molar-refractivity contribution in [3.8, 4) is 6.07 Å². The van der Waals surface area contributed by atoms with Gasteiger partial charge in [0.2, 0.25) is 5.91 Å². The van der Waals surface area contributed by atoms with Crippen LogP contribution in [0.3, 0.4) is 0 Å². The van der Waals surface area contributed by atoms with Crippen LogP contribution in [0.4, 0.5) is 11.5 Å². The van der Waals surface area contributed by atoms with Crippen molar-refractivity contribution in [3.63, 3.8) is 0 Å². The fourth-order valence-corrected chi connectivity index (χ4v) is 1.22. The Kier molecular flexibility index (Phi) is 4.29. The van der Waals surface area contributed by atoms with E-state index in [0.29, 0.717) is 30.0 Å². The first kappa shape index (κ1) is 12.8. The van der Waals surface area contributed by atoms with E-state index in [1.54, 1.807) is 20.2 Å². The Balaban J connectivity index is 2.59. The van der Waals surface area contributed by atoms with Crippen molar-refractivity contribution in [1.29, 1.82) is 5.26 Å². The first-order valence-electron chi connectivity index (χ1n) is 5.15. The van der Waals surface area contributed by atoms with Gasteiger partial charge in [0.15, 0.2) is 5.82 Å². The van der Waals surface area contributed by atoms with Crippen molar-refractivity contribution in [2.75, 3.05) is 31.7 Å². The summed E-state index contributed by atoms with van der Waals surface area (Å²) in [7, 11) is 3.40. The molecule has 6 heteroatoms. The highest BCUT2D eigenvalue weighted by atomic mass is 16.2. The lowest BCUT2D eigenvalue weighted by molar-refractivity contribution is -0.128. The number of carbonyl (C=O) groups is 1. The van der Waals surface area contributed by atoms with Crippen LogP contribution in [-0.4, -0.2) is 36.4 Å². The number of nitrogens with one attached hydrogen (secondary N) is 1. The van der Waals surface area contributed by atoms with E-state index in [1.807, 2.05) is 6.07 Å². The molecule has 0 unspecified atom stereocenters. The summed E-state index contributed by atoms with van der Waals surface area (Å²) < 4.78 is 0. The van der Waals surface area contributed by atoms with Crippen LogP contribution in [0.5, 0.6) is 0 Å². The maximum Gasteiger partial charge on any atom is 0.223 e. The summed E-state index contributed by atoms with van der Waals surface area (Å²) in [4.78, 5) is 16.9. The van der Waals surface area contributed by atoms with Crippen molar-refractivity contribution in [2.45, 2.75) is 6.42 Å². The van der Waals surface area contributed by atoms with Gasteiger partial charge >= 0.3 is 0 Å². The maximum absolute atomic E-state index is 11.3. The van der Waals surface area contributed by atoms with Crippen LogP contribution in [0.2, 0.25) is 0 Å². The minimum Gasteiger partial charge on any atom is -0.395 e. The number of nitriles is 1. The smallest absolute Gasteiger partial charge is 0.223 e. The molecule has 1 amide bonds. The summed E-state index contributed by atoms with van der Waals surface area (Å²) in [5, 5.41) is 11.7. The van der Waals surface area contributed by atoms with E-state index in [4.69, 9.17) is 11.0 Å². The Labute approximate surface area is 100 Å². The Morgan fingerprint density at radius 3 is 2.94 bits per heavy atom. The standard InChI is InChI=1S/C11H15N5O/c1-16(2)9(17)4-6-15-11-10(13)8(7-12)3-5-14-11/h3,5H,4,6,13H2,1-2H3,(H,14,15). The number of rotatable bonds is 4. The van der Waals surface area contributed by atoms with E-state index >= 15 is 0 Å². The molecule has 0 aromatic carbocycles. The molecule has 0 radical (unpaired) electrons. The highest BCUT2D eigenvalue weighted by Crippen LogP contribution is 2.18. The maximum atomic E-state index is 11.3.